The van der Waals surface area contributed by atoms with Gasteiger partial charge in [0.15, 0.2) is 0 Å². The van der Waals surface area contributed by atoms with Crippen LogP contribution in [-0.4, -0.2) is 4.57 Å². The average molecular weight is 695 g/mol. The molecule has 0 N–H and O–H groups in total. The normalized spacial score (nSPS) is 12.9. The Labute approximate surface area is 318 Å². The smallest absolute Gasteiger partial charge is 0.0543 e. The number of fused-ring (bicyclic) bond motifs is 4. The zero-order valence-electron chi connectivity index (χ0n) is 31.0. The molecule has 260 valence electrons. The second kappa shape index (κ2) is 13.4. The van der Waals surface area contributed by atoms with Crippen LogP contribution in [0.4, 0.5) is 17.1 Å². The van der Waals surface area contributed by atoms with E-state index in [0.717, 1.165) is 17.1 Å². The summed E-state index contributed by atoms with van der Waals surface area (Å²) in [7, 11) is 0. The summed E-state index contributed by atoms with van der Waals surface area (Å²) in [4.78, 5) is 2.43. The minimum absolute atomic E-state index is 0.0968. The first-order valence-electron chi connectivity index (χ1n) is 18.7. The van der Waals surface area contributed by atoms with Gasteiger partial charge in [-0.25, -0.2) is 0 Å². The van der Waals surface area contributed by atoms with Gasteiger partial charge < -0.3 is 9.47 Å². The number of benzene rings is 7. The van der Waals surface area contributed by atoms with E-state index in [1.54, 1.807) is 0 Å². The molecule has 1 aliphatic carbocycles. The molecule has 8 aromatic rings. The molecule has 1 aromatic heterocycles. The average Bonchev–Trinajstić information content (AvgIpc) is 3.64. The van der Waals surface area contributed by atoms with Crippen molar-refractivity contribution in [3.05, 3.63) is 211 Å². The van der Waals surface area contributed by atoms with E-state index in [1.807, 2.05) is 12.2 Å². The molecular weight excluding hydrogens is 653 g/mol. The maximum atomic E-state index is 3.91. The summed E-state index contributed by atoms with van der Waals surface area (Å²) < 4.78 is 2.40. The predicted molar refractivity (Wildman–Crippen MR) is 230 cm³/mol. The summed E-state index contributed by atoms with van der Waals surface area (Å²) in [6, 6.07) is 61.8. The molecule has 0 aliphatic heterocycles. The van der Waals surface area contributed by atoms with Crippen LogP contribution < -0.4 is 4.90 Å². The third-order valence-electron chi connectivity index (χ3n) is 11.2. The molecular formula is C52H42N2. The van der Waals surface area contributed by atoms with Gasteiger partial charge in [0.1, 0.15) is 0 Å². The van der Waals surface area contributed by atoms with Crippen LogP contribution in [0.5, 0.6) is 0 Å². The number of hydrogen-bond acceptors (Lipinski definition) is 1. The molecule has 0 fully saturated rings. The second-order valence-electron chi connectivity index (χ2n) is 14.6. The fraction of sp³-hybridized carbons (Fsp3) is 0.0769. The molecule has 0 atom stereocenters. The van der Waals surface area contributed by atoms with E-state index in [-0.39, 0.29) is 5.41 Å². The van der Waals surface area contributed by atoms with Crippen LogP contribution in [0.25, 0.3) is 56.0 Å². The molecule has 2 nitrogen and oxygen atoms in total. The second-order valence-corrected chi connectivity index (χ2v) is 14.6. The summed E-state index contributed by atoms with van der Waals surface area (Å²) >= 11 is 0. The molecule has 0 saturated carbocycles. The van der Waals surface area contributed by atoms with Gasteiger partial charge in [0.2, 0.25) is 0 Å². The van der Waals surface area contributed by atoms with Crippen molar-refractivity contribution in [2.45, 2.75) is 26.2 Å². The first kappa shape index (κ1) is 33.2. The minimum atomic E-state index is -0.0968. The number of nitrogens with zero attached hydrogens (tertiary/aromatic N) is 2. The fourth-order valence-corrected chi connectivity index (χ4v) is 8.56. The van der Waals surface area contributed by atoms with E-state index in [1.165, 1.54) is 72.4 Å². The van der Waals surface area contributed by atoms with Crippen molar-refractivity contribution in [3.63, 3.8) is 0 Å². The predicted octanol–water partition coefficient (Wildman–Crippen LogP) is 14.2. The van der Waals surface area contributed by atoms with Crippen LogP contribution in [-0.2, 0) is 5.41 Å². The van der Waals surface area contributed by atoms with Crippen LogP contribution in [0.2, 0.25) is 0 Å². The van der Waals surface area contributed by atoms with Crippen LogP contribution in [0, 0.1) is 6.92 Å². The van der Waals surface area contributed by atoms with Crippen LogP contribution in [0.1, 0.15) is 36.2 Å². The van der Waals surface area contributed by atoms with Gasteiger partial charge >= 0.3 is 0 Å². The molecule has 54 heavy (non-hydrogen) atoms. The molecule has 0 unspecified atom stereocenters. The van der Waals surface area contributed by atoms with Crippen molar-refractivity contribution in [1.82, 2.24) is 4.57 Å². The zero-order valence-corrected chi connectivity index (χ0v) is 31.0. The fourth-order valence-electron chi connectivity index (χ4n) is 8.56. The zero-order chi connectivity index (χ0) is 36.8. The van der Waals surface area contributed by atoms with Crippen LogP contribution >= 0.6 is 0 Å². The highest BCUT2D eigenvalue weighted by Gasteiger charge is 2.37. The van der Waals surface area contributed by atoms with Gasteiger partial charge in [-0.3, -0.25) is 0 Å². The van der Waals surface area contributed by atoms with Gasteiger partial charge in [-0.15, -0.1) is 0 Å². The Morgan fingerprint density at radius 3 is 1.89 bits per heavy atom. The van der Waals surface area contributed by atoms with E-state index < -0.39 is 0 Å². The van der Waals surface area contributed by atoms with E-state index in [9.17, 15) is 0 Å². The quantitative estimate of drug-likeness (QED) is 0.144. The molecule has 7 aromatic carbocycles. The van der Waals surface area contributed by atoms with Gasteiger partial charge in [-0.2, -0.15) is 0 Å². The van der Waals surface area contributed by atoms with Gasteiger partial charge in [0.25, 0.3) is 0 Å². The lowest BCUT2D eigenvalue weighted by Crippen LogP contribution is -2.16. The van der Waals surface area contributed by atoms with Crippen molar-refractivity contribution in [2.75, 3.05) is 4.90 Å². The van der Waals surface area contributed by atoms with Crippen LogP contribution in [0.3, 0.4) is 0 Å². The lowest BCUT2D eigenvalue weighted by atomic mass is 9.82. The summed E-state index contributed by atoms with van der Waals surface area (Å²) in [6.45, 7) is 10.8. The summed E-state index contributed by atoms with van der Waals surface area (Å²) in [5.74, 6) is 0. The Morgan fingerprint density at radius 2 is 1.15 bits per heavy atom. The molecule has 0 radical (unpaired) electrons. The Bertz CT molecular complexity index is 2690. The van der Waals surface area contributed by atoms with Crippen LogP contribution in [0.15, 0.2) is 189 Å². The molecule has 0 amide bonds. The van der Waals surface area contributed by atoms with Crippen molar-refractivity contribution >= 4 is 34.0 Å². The Kier molecular flexibility index (Phi) is 8.24. The Morgan fingerprint density at radius 1 is 0.556 bits per heavy atom. The molecule has 1 heterocycles. The SMILES string of the molecule is C=C/C=C\c1c(C)n(-c2ccccc2-c2ccc(N(c3ccc(-c4ccccc4)cc3)c3cccc4c3-c3ccccc3C4(C)C)cc2)c2ccccc12. The van der Waals surface area contributed by atoms with Crippen molar-refractivity contribution < 1.29 is 0 Å². The molecule has 0 saturated heterocycles. The van der Waals surface area contributed by atoms with E-state index in [0.29, 0.717) is 0 Å². The number of anilines is 3. The standard InChI is InChI=1S/C52H42N2/c1-5-6-19-42-36(2)53(49-26-15-12-21-44(42)49)48-25-14-11-20-43(48)39-30-34-41(35-31-39)54(40-32-28-38(29-33-40)37-17-8-7-9-18-37)50-27-16-24-47-51(50)45-22-10-13-23-46(45)52(47,3)4/h5-35H,1H2,2-4H3/b19-6-. The third kappa shape index (κ3) is 5.42. The topological polar surface area (TPSA) is 8.17 Å². The number of hydrogen-bond donors (Lipinski definition) is 0. The number of rotatable bonds is 8. The van der Waals surface area contributed by atoms with Crippen molar-refractivity contribution in [3.8, 4) is 39.1 Å². The van der Waals surface area contributed by atoms with Crippen molar-refractivity contribution in [2.24, 2.45) is 0 Å². The number of aromatic nitrogens is 1. The molecule has 0 spiro atoms. The molecule has 1 aliphatic rings. The Hall–Kier alpha value is -6.64. The highest BCUT2D eigenvalue weighted by molar-refractivity contribution is 5.96. The lowest BCUT2D eigenvalue weighted by Gasteiger charge is -2.29. The largest absolute Gasteiger partial charge is 0.313 e. The van der Waals surface area contributed by atoms with Gasteiger partial charge in [0.05, 0.1) is 16.9 Å². The monoisotopic (exact) mass is 694 g/mol. The van der Waals surface area contributed by atoms with Gasteiger partial charge in [0, 0.05) is 44.6 Å². The number of para-hydroxylation sites is 2. The summed E-state index contributed by atoms with van der Waals surface area (Å²) in [5, 5.41) is 1.23. The Balaban J connectivity index is 1.19. The highest BCUT2D eigenvalue weighted by atomic mass is 15.1. The lowest BCUT2D eigenvalue weighted by molar-refractivity contribution is 0.660. The first-order valence-corrected chi connectivity index (χ1v) is 18.7. The minimum Gasteiger partial charge on any atom is -0.313 e. The number of allylic oxidation sites excluding steroid dienone is 2. The van der Waals surface area contributed by atoms with E-state index >= 15 is 0 Å². The third-order valence-corrected chi connectivity index (χ3v) is 11.2. The van der Waals surface area contributed by atoms with Gasteiger partial charge in [-0.05, 0) is 82.8 Å². The molecule has 0 bridgehead atoms. The molecule has 2 heteroatoms. The summed E-state index contributed by atoms with van der Waals surface area (Å²) in [5.41, 5.74) is 18.2. The molecule has 9 rings (SSSR count). The highest BCUT2D eigenvalue weighted by Crippen LogP contribution is 2.54. The summed E-state index contributed by atoms with van der Waals surface area (Å²) in [6.07, 6.45) is 6.02. The maximum absolute atomic E-state index is 3.91. The first-order chi connectivity index (χ1) is 26.5. The van der Waals surface area contributed by atoms with Gasteiger partial charge in [-0.1, -0.05) is 166 Å². The van der Waals surface area contributed by atoms with Crippen molar-refractivity contribution in [1.29, 1.82) is 0 Å². The van der Waals surface area contributed by atoms with E-state index in [2.05, 4.69) is 213 Å². The van der Waals surface area contributed by atoms with E-state index in [4.69, 9.17) is 0 Å². The maximum Gasteiger partial charge on any atom is 0.0543 e.